The summed E-state index contributed by atoms with van der Waals surface area (Å²) in [7, 11) is 0. The molecule has 13 heavy (non-hydrogen) atoms. The average Bonchev–Trinajstić information content (AvgIpc) is 2.47. The van der Waals surface area contributed by atoms with Gasteiger partial charge in [0.25, 0.3) is 0 Å². The van der Waals surface area contributed by atoms with Crippen LogP contribution in [0.25, 0.3) is 0 Å². The van der Waals surface area contributed by atoms with Gasteiger partial charge in [0.15, 0.2) is 0 Å². The number of rotatable bonds is 1. The van der Waals surface area contributed by atoms with Crippen molar-refractivity contribution >= 4 is 0 Å². The minimum absolute atomic E-state index is 0.766. The van der Waals surface area contributed by atoms with E-state index in [1.165, 1.54) is 51.4 Å². The SMILES string of the molecule is C1#CC(C2CCCCC2)CCCC1. The number of hydrogen-bond donors (Lipinski definition) is 0. The molecule has 0 amide bonds. The van der Waals surface area contributed by atoms with Crippen molar-refractivity contribution in [3.05, 3.63) is 0 Å². The highest BCUT2D eigenvalue weighted by molar-refractivity contribution is 5.07. The summed E-state index contributed by atoms with van der Waals surface area (Å²) in [4.78, 5) is 0. The second-order valence-electron chi connectivity index (χ2n) is 4.57. The molecule has 0 aromatic rings. The molecule has 0 nitrogen and oxygen atoms in total. The first kappa shape index (κ1) is 9.13. The Labute approximate surface area is 82.1 Å². The summed E-state index contributed by atoms with van der Waals surface area (Å²) in [5.41, 5.74) is 0. The van der Waals surface area contributed by atoms with Crippen LogP contribution >= 0.6 is 0 Å². The van der Waals surface area contributed by atoms with Gasteiger partial charge in [0.05, 0.1) is 0 Å². The van der Waals surface area contributed by atoms with Crippen molar-refractivity contribution in [1.82, 2.24) is 0 Å². The maximum absolute atomic E-state index is 3.50. The topological polar surface area (TPSA) is 0 Å². The molecule has 0 N–H and O–H groups in total. The van der Waals surface area contributed by atoms with Gasteiger partial charge in [-0.15, -0.1) is 5.92 Å². The van der Waals surface area contributed by atoms with E-state index in [1.54, 1.807) is 0 Å². The lowest BCUT2D eigenvalue weighted by molar-refractivity contribution is 0.280. The third kappa shape index (κ3) is 2.50. The lowest BCUT2D eigenvalue weighted by atomic mass is 9.78. The average molecular weight is 176 g/mol. The van der Waals surface area contributed by atoms with Crippen LogP contribution in [-0.4, -0.2) is 0 Å². The summed E-state index contributed by atoms with van der Waals surface area (Å²) in [6.45, 7) is 0. The first-order valence-corrected chi connectivity index (χ1v) is 5.95. The fourth-order valence-electron chi connectivity index (χ4n) is 2.74. The standard InChI is InChI=1S/C13H20/c1-2-5-9-12(8-4-1)13-10-6-3-7-11-13/h12-13H,1-4,6-8,10-11H2. The summed E-state index contributed by atoms with van der Waals surface area (Å²) in [6.07, 6.45) is 12.6. The Bertz CT molecular complexity index is 200. The Morgan fingerprint density at radius 3 is 2.38 bits per heavy atom. The monoisotopic (exact) mass is 176 g/mol. The van der Waals surface area contributed by atoms with Gasteiger partial charge >= 0.3 is 0 Å². The zero-order valence-corrected chi connectivity index (χ0v) is 8.52. The van der Waals surface area contributed by atoms with E-state index in [9.17, 15) is 0 Å². The van der Waals surface area contributed by atoms with Crippen LogP contribution in [0.3, 0.4) is 0 Å². The minimum atomic E-state index is 0.766. The van der Waals surface area contributed by atoms with Crippen LogP contribution in [0, 0.1) is 23.7 Å². The van der Waals surface area contributed by atoms with Gasteiger partial charge in [0.2, 0.25) is 0 Å². The fraction of sp³-hybridized carbons (Fsp3) is 0.846. The highest BCUT2D eigenvalue weighted by Crippen LogP contribution is 2.33. The Balaban J connectivity index is 1.91. The molecule has 0 aromatic carbocycles. The van der Waals surface area contributed by atoms with Gasteiger partial charge in [0.1, 0.15) is 0 Å². The highest BCUT2D eigenvalue weighted by atomic mass is 14.3. The maximum Gasteiger partial charge on any atom is 0.0231 e. The van der Waals surface area contributed by atoms with Crippen LogP contribution in [0.1, 0.15) is 57.8 Å². The van der Waals surface area contributed by atoms with Gasteiger partial charge in [-0.1, -0.05) is 31.6 Å². The van der Waals surface area contributed by atoms with E-state index in [-0.39, 0.29) is 0 Å². The molecule has 2 aliphatic rings. The quantitative estimate of drug-likeness (QED) is 0.534. The molecule has 0 spiro atoms. The van der Waals surface area contributed by atoms with Crippen LogP contribution in [-0.2, 0) is 0 Å². The van der Waals surface area contributed by atoms with Crippen LogP contribution in [0.5, 0.6) is 0 Å². The van der Waals surface area contributed by atoms with E-state index in [4.69, 9.17) is 0 Å². The van der Waals surface area contributed by atoms with Gasteiger partial charge in [-0.2, -0.15) is 0 Å². The summed E-state index contributed by atoms with van der Waals surface area (Å²) >= 11 is 0. The van der Waals surface area contributed by atoms with Crippen LogP contribution < -0.4 is 0 Å². The van der Waals surface area contributed by atoms with Crippen molar-refractivity contribution < 1.29 is 0 Å². The lowest BCUT2D eigenvalue weighted by Crippen LogP contribution is -2.16. The van der Waals surface area contributed by atoms with Crippen LogP contribution in [0.4, 0.5) is 0 Å². The molecule has 72 valence electrons. The van der Waals surface area contributed by atoms with Crippen molar-refractivity contribution in [3.8, 4) is 11.8 Å². The van der Waals surface area contributed by atoms with E-state index in [1.807, 2.05) is 0 Å². The molecule has 0 bridgehead atoms. The predicted molar refractivity (Wildman–Crippen MR) is 56.3 cm³/mol. The second-order valence-corrected chi connectivity index (χ2v) is 4.57. The van der Waals surface area contributed by atoms with Crippen LogP contribution in [0.2, 0.25) is 0 Å². The zero-order valence-electron chi connectivity index (χ0n) is 8.52. The molecule has 0 heterocycles. The normalized spacial score (nSPS) is 30.3. The van der Waals surface area contributed by atoms with E-state index in [0.29, 0.717) is 0 Å². The number of hydrogen-bond acceptors (Lipinski definition) is 0. The van der Waals surface area contributed by atoms with Gasteiger partial charge < -0.3 is 0 Å². The summed E-state index contributed by atoms with van der Waals surface area (Å²) in [5, 5.41) is 0. The molecule has 0 radical (unpaired) electrons. The van der Waals surface area contributed by atoms with Gasteiger partial charge in [-0.25, -0.2) is 0 Å². The van der Waals surface area contributed by atoms with Gasteiger partial charge in [-0.3, -0.25) is 0 Å². The Morgan fingerprint density at radius 2 is 1.54 bits per heavy atom. The molecule has 0 aromatic heterocycles. The molecule has 0 aliphatic heterocycles. The Kier molecular flexibility index (Phi) is 3.30. The van der Waals surface area contributed by atoms with Crippen molar-refractivity contribution in [1.29, 1.82) is 0 Å². The first-order chi connectivity index (χ1) is 6.47. The molecule has 0 heteroatoms. The van der Waals surface area contributed by atoms with Gasteiger partial charge in [-0.05, 0) is 31.6 Å². The lowest BCUT2D eigenvalue weighted by Gasteiger charge is -2.26. The van der Waals surface area contributed by atoms with Gasteiger partial charge in [0, 0.05) is 12.3 Å². The molecule has 2 rings (SSSR count). The highest BCUT2D eigenvalue weighted by Gasteiger charge is 2.22. The predicted octanol–water partition coefficient (Wildman–Crippen LogP) is 3.76. The molecule has 1 atom stereocenters. The first-order valence-electron chi connectivity index (χ1n) is 5.95. The van der Waals surface area contributed by atoms with Crippen molar-refractivity contribution in [2.24, 2.45) is 11.8 Å². The molecule has 0 saturated heterocycles. The third-order valence-corrected chi connectivity index (χ3v) is 3.57. The molecule has 1 saturated carbocycles. The maximum atomic E-state index is 3.50. The molecule has 1 unspecified atom stereocenters. The van der Waals surface area contributed by atoms with Crippen molar-refractivity contribution in [2.45, 2.75) is 57.8 Å². The smallest absolute Gasteiger partial charge is 0.0231 e. The van der Waals surface area contributed by atoms with E-state index in [2.05, 4.69) is 11.8 Å². The van der Waals surface area contributed by atoms with E-state index in [0.717, 1.165) is 18.3 Å². The largest absolute Gasteiger partial charge is 0.103 e. The molecule has 2 aliphatic carbocycles. The summed E-state index contributed by atoms with van der Waals surface area (Å²) in [5.74, 6) is 8.57. The Morgan fingerprint density at radius 1 is 0.769 bits per heavy atom. The Hall–Kier alpha value is -0.440. The third-order valence-electron chi connectivity index (χ3n) is 3.57. The fourth-order valence-corrected chi connectivity index (χ4v) is 2.74. The zero-order chi connectivity index (χ0) is 8.93. The van der Waals surface area contributed by atoms with Crippen molar-refractivity contribution in [3.63, 3.8) is 0 Å². The van der Waals surface area contributed by atoms with E-state index >= 15 is 0 Å². The summed E-state index contributed by atoms with van der Waals surface area (Å²) in [6, 6.07) is 0. The summed E-state index contributed by atoms with van der Waals surface area (Å²) < 4.78 is 0. The molecular weight excluding hydrogens is 156 g/mol. The minimum Gasteiger partial charge on any atom is -0.103 e. The van der Waals surface area contributed by atoms with Crippen molar-refractivity contribution in [2.75, 3.05) is 0 Å². The molecular formula is C13H20. The van der Waals surface area contributed by atoms with E-state index < -0.39 is 0 Å². The molecule has 1 fully saturated rings. The van der Waals surface area contributed by atoms with Crippen LogP contribution in [0.15, 0.2) is 0 Å². The second kappa shape index (κ2) is 4.70.